The van der Waals surface area contributed by atoms with Crippen LogP contribution in [0.5, 0.6) is 0 Å². The zero-order valence-corrected chi connectivity index (χ0v) is 19.0. The molecule has 2 fully saturated rings. The Morgan fingerprint density at radius 3 is 2.44 bits per heavy atom. The van der Waals surface area contributed by atoms with Crippen molar-refractivity contribution >= 4 is 11.9 Å². The third-order valence-electron chi connectivity index (χ3n) is 6.80. The number of imide groups is 1. The Kier molecular flexibility index (Phi) is 6.70. The Morgan fingerprint density at radius 2 is 1.78 bits per heavy atom. The van der Waals surface area contributed by atoms with Crippen molar-refractivity contribution in [3.8, 4) is 0 Å². The SMILES string of the molecule is C/C=C(\C)CN1CCC2(CC1)C(=O)N(Cc1cccnc1)C(=O)N2CCc1ccccc1. The number of nitrogens with zero attached hydrogens (tertiary/aromatic N) is 4. The Bertz CT molecular complexity index is 966. The number of likely N-dealkylation sites (tertiary alicyclic amines) is 1. The molecule has 0 bridgehead atoms. The molecule has 4 rings (SSSR count). The summed E-state index contributed by atoms with van der Waals surface area (Å²) in [5, 5.41) is 0. The number of allylic oxidation sites excluding steroid dienone is 1. The van der Waals surface area contributed by atoms with Gasteiger partial charge < -0.3 is 4.90 Å². The first-order chi connectivity index (χ1) is 15.5. The molecule has 2 aromatic rings. The highest BCUT2D eigenvalue weighted by atomic mass is 16.2. The van der Waals surface area contributed by atoms with Crippen LogP contribution in [0.15, 0.2) is 66.5 Å². The van der Waals surface area contributed by atoms with Gasteiger partial charge in [0.15, 0.2) is 0 Å². The van der Waals surface area contributed by atoms with Crippen LogP contribution in [0.1, 0.15) is 37.8 Å². The van der Waals surface area contributed by atoms with Gasteiger partial charge in [0.05, 0.1) is 6.54 Å². The van der Waals surface area contributed by atoms with Crippen LogP contribution >= 0.6 is 0 Å². The van der Waals surface area contributed by atoms with Crippen LogP contribution in [0.2, 0.25) is 0 Å². The molecule has 2 aliphatic heterocycles. The van der Waals surface area contributed by atoms with Crippen molar-refractivity contribution in [2.24, 2.45) is 0 Å². The molecule has 1 spiro atoms. The number of carbonyl (C=O) groups is 2. The maximum atomic E-state index is 13.7. The van der Waals surface area contributed by atoms with E-state index in [4.69, 9.17) is 0 Å². The molecule has 0 radical (unpaired) electrons. The van der Waals surface area contributed by atoms with Gasteiger partial charge in [0.1, 0.15) is 5.54 Å². The van der Waals surface area contributed by atoms with E-state index in [1.54, 1.807) is 12.4 Å². The molecule has 1 aromatic heterocycles. The van der Waals surface area contributed by atoms with Gasteiger partial charge in [-0.3, -0.25) is 19.6 Å². The fourth-order valence-electron chi connectivity index (χ4n) is 4.80. The molecule has 2 aliphatic rings. The first-order valence-corrected chi connectivity index (χ1v) is 11.4. The van der Waals surface area contributed by atoms with Crippen LogP contribution in [-0.4, -0.2) is 63.3 Å². The average molecular weight is 433 g/mol. The third-order valence-corrected chi connectivity index (χ3v) is 6.80. The molecule has 0 unspecified atom stereocenters. The molecular weight excluding hydrogens is 400 g/mol. The van der Waals surface area contributed by atoms with Gasteiger partial charge in [-0.05, 0) is 50.3 Å². The highest BCUT2D eigenvalue weighted by Gasteiger charge is 2.57. The lowest BCUT2D eigenvalue weighted by atomic mass is 9.85. The molecule has 3 heterocycles. The number of benzene rings is 1. The summed E-state index contributed by atoms with van der Waals surface area (Å²) in [5.74, 6) is -0.0539. The van der Waals surface area contributed by atoms with Crippen molar-refractivity contribution in [1.82, 2.24) is 19.7 Å². The second kappa shape index (κ2) is 9.65. The van der Waals surface area contributed by atoms with Crippen LogP contribution in [0.3, 0.4) is 0 Å². The maximum absolute atomic E-state index is 13.7. The van der Waals surface area contributed by atoms with Crippen LogP contribution in [0.25, 0.3) is 0 Å². The van der Waals surface area contributed by atoms with E-state index < -0.39 is 5.54 Å². The third kappa shape index (κ3) is 4.46. The van der Waals surface area contributed by atoms with Gasteiger partial charge >= 0.3 is 6.03 Å². The summed E-state index contributed by atoms with van der Waals surface area (Å²) in [5.41, 5.74) is 2.63. The molecule has 6 heteroatoms. The van der Waals surface area contributed by atoms with Crippen LogP contribution in [-0.2, 0) is 17.8 Å². The topological polar surface area (TPSA) is 56.8 Å². The normalized spacial score (nSPS) is 19.2. The number of amides is 3. The molecule has 0 aliphatic carbocycles. The van der Waals surface area contributed by atoms with E-state index in [2.05, 4.69) is 41.9 Å². The van der Waals surface area contributed by atoms with E-state index in [0.29, 0.717) is 19.4 Å². The Labute approximate surface area is 190 Å². The Hall–Kier alpha value is -2.99. The molecular formula is C26H32N4O2. The van der Waals surface area contributed by atoms with Crippen molar-refractivity contribution in [1.29, 1.82) is 0 Å². The largest absolute Gasteiger partial charge is 0.328 e. The minimum Gasteiger partial charge on any atom is -0.309 e. The van der Waals surface area contributed by atoms with E-state index in [1.807, 2.05) is 35.2 Å². The number of carbonyl (C=O) groups excluding carboxylic acids is 2. The summed E-state index contributed by atoms with van der Waals surface area (Å²) in [7, 11) is 0. The van der Waals surface area contributed by atoms with Crippen LogP contribution < -0.4 is 0 Å². The summed E-state index contributed by atoms with van der Waals surface area (Å²) in [6.45, 7) is 7.55. The standard InChI is InChI=1S/C26H32N4O2/c1-3-21(2)19-28-16-12-26(13-17-28)24(31)29(20-23-10-7-14-27-18-23)25(32)30(26)15-11-22-8-5-4-6-9-22/h3-10,14,18H,11-13,15-17,19-20H2,1-2H3/b21-3+. The molecule has 6 nitrogen and oxygen atoms in total. The summed E-state index contributed by atoms with van der Waals surface area (Å²) < 4.78 is 0. The van der Waals surface area contributed by atoms with E-state index in [1.165, 1.54) is 16.0 Å². The molecule has 0 N–H and O–H groups in total. The van der Waals surface area contributed by atoms with E-state index >= 15 is 0 Å². The van der Waals surface area contributed by atoms with Crippen molar-refractivity contribution in [3.05, 3.63) is 77.6 Å². The lowest BCUT2D eigenvalue weighted by Gasteiger charge is -2.42. The zero-order chi connectivity index (χ0) is 22.6. The minimum absolute atomic E-state index is 0.0539. The van der Waals surface area contributed by atoms with Gasteiger partial charge in [-0.2, -0.15) is 0 Å². The number of hydrogen-bond acceptors (Lipinski definition) is 4. The number of aromatic nitrogens is 1. The fourth-order valence-corrected chi connectivity index (χ4v) is 4.80. The second-order valence-corrected chi connectivity index (χ2v) is 8.87. The highest BCUT2D eigenvalue weighted by Crippen LogP contribution is 2.38. The number of hydrogen-bond donors (Lipinski definition) is 0. The lowest BCUT2D eigenvalue weighted by Crippen LogP contribution is -2.57. The number of pyridine rings is 1. The smallest absolute Gasteiger partial charge is 0.309 e. The van der Waals surface area contributed by atoms with Crippen molar-refractivity contribution in [3.63, 3.8) is 0 Å². The monoisotopic (exact) mass is 432 g/mol. The molecule has 3 amide bonds. The fraction of sp³-hybridized carbons (Fsp3) is 0.423. The summed E-state index contributed by atoms with van der Waals surface area (Å²) in [6, 6.07) is 13.7. The van der Waals surface area contributed by atoms with Gasteiger partial charge in [0.2, 0.25) is 0 Å². The van der Waals surface area contributed by atoms with Gasteiger partial charge in [-0.25, -0.2) is 4.79 Å². The molecule has 168 valence electrons. The molecule has 32 heavy (non-hydrogen) atoms. The number of rotatable bonds is 7. The Balaban J connectivity index is 1.56. The molecule has 0 saturated carbocycles. The number of piperidine rings is 1. The zero-order valence-electron chi connectivity index (χ0n) is 19.0. The average Bonchev–Trinajstić information content (AvgIpc) is 3.01. The Morgan fingerprint density at radius 1 is 1.06 bits per heavy atom. The first-order valence-electron chi connectivity index (χ1n) is 11.4. The minimum atomic E-state index is -0.742. The summed E-state index contributed by atoms with van der Waals surface area (Å²) in [4.78, 5) is 37.1. The van der Waals surface area contributed by atoms with Crippen molar-refractivity contribution in [2.45, 2.75) is 45.2 Å². The second-order valence-electron chi connectivity index (χ2n) is 8.87. The number of urea groups is 1. The van der Waals surface area contributed by atoms with Gasteiger partial charge in [-0.15, -0.1) is 0 Å². The maximum Gasteiger partial charge on any atom is 0.328 e. The lowest BCUT2D eigenvalue weighted by molar-refractivity contribution is -0.136. The van der Waals surface area contributed by atoms with Gasteiger partial charge in [0.25, 0.3) is 5.91 Å². The van der Waals surface area contributed by atoms with E-state index in [-0.39, 0.29) is 18.5 Å². The van der Waals surface area contributed by atoms with Crippen LogP contribution in [0, 0.1) is 0 Å². The quantitative estimate of drug-likeness (QED) is 0.492. The molecule has 1 aromatic carbocycles. The summed E-state index contributed by atoms with van der Waals surface area (Å²) >= 11 is 0. The van der Waals surface area contributed by atoms with E-state index in [9.17, 15) is 9.59 Å². The van der Waals surface area contributed by atoms with Crippen molar-refractivity contribution in [2.75, 3.05) is 26.2 Å². The molecule has 2 saturated heterocycles. The van der Waals surface area contributed by atoms with Crippen LogP contribution in [0.4, 0.5) is 4.79 Å². The highest BCUT2D eigenvalue weighted by molar-refractivity contribution is 6.07. The van der Waals surface area contributed by atoms with E-state index in [0.717, 1.165) is 31.6 Å². The predicted octanol–water partition coefficient (Wildman–Crippen LogP) is 3.89. The van der Waals surface area contributed by atoms with Crippen molar-refractivity contribution < 1.29 is 9.59 Å². The first kappa shape index (κ1) is 22.2. The van der Waals surface area contributed by atoms with Gasteiger partial charge in [0, 0.05) is 38.6 Å². The predicted molar refractivity (Wildman–Crippen MR) is 125 cm³/mol. The summed E-state index contributed by atoms with van der Waals surface area (Å²) in [6.07, 6.45) is 7.65. The van der Waals surface area contributed by atoms with Gasteiger partial charge in [-0.1, -0.05) is 48.0 Å². The molecule has 0 atom stereocenters.